The fourth-order valence-corrected chi connectivity index (χ4v) is 7.94. The van der Waals surface area contributed by atoms with Crippen LogP contribution in [0.4, 0.5) is 17.1 Å². The van der Waals surface area contributed by atoms with E-state index in [1.54, 1.807) is 0 Å². The van der Waals surface area contributed by atoms with E-state index in [2.05, 4.69) is 205 Å². The van der Waals surface area contributed by atoms with Gasteiger partial charge in [0.1, 0.15) is 11.2 Å². The summed E-state index contributed by atoms with van der Waals surface area (Å²) in [5, 5.41) is 7.06. The van der Waals surface area contributed by atoms with Crippen LogP contribution in [0.3, 0.4) is 0 Å². The minimum absolute atomic E-state index is 0.884. The van der Waals surface area contributed by atoms with Crippen LogP contribution in [0.25, 0.3) is 76.9 Å². The highest BCUT2D eigenvalue weighted by Crippen LogP contribution is 2.49. The Morgan fingerprint density at radius 2 is 0.923 bits per heavy atom. The molecule has 52 heavy (non-hydrogen) atoms. The molecule has 0 saturated heterocycles. The van der Waals surface area contributed by atoms with Gasteiger partial charge in [0, 0.05) is 27.4 Å². The quantitative estimate of drug-likeness (QED) is 0.176. The predicted molar refractivity (Wildman–Crippen MR) is 220 cm³/mol. The number of furan rings is 1. The first kappa shape index (κ1) is 30.0. The third-order valence-electron chi connectivity index (χ3n) is 10.2. The molecule has 0 bridgehead atoms. The van der Waals surface area contributed by atoms with Crippen LogP contribution in [0, 0.1) is 0 Å². The van der Waals surface area contributed by atoms with Crippen molar-refractivity contribution in [3.63, 3.8) is 0 Å². The molecule has 0 amide bonds. The molecule has 0 aliphatic heterocycles. The lowest BCUT2D eigenvalue weighted by atomic mass is 9.89. The van der Waals surface area contributed by atoms with Crippen molar-refractivity contribution in [1.29, 1.82) is 0 Å². The average Bonchev–Trinajstić information content (AvgIpc) is 3.62. The van der Waals surface area contributed by atoms with Crippen molar-refractivity contribution in [3.8, 4) is 33.4 Å². The Morgan fingerprint density at radius 1 is 0.346 bits per heavy atom. The highest BCUT2D eigenvalue weighted by Gasteiger charge is 2.24. The summed E-state index contributed by atoms with van der Waals surface area (Å²) in [5.74, 6) is 0. The van der Waals surface area contributed by atoms with Crippen LogP contribution in [0.2, 0.25) is 0 Å². The first-order valence-corrected chi connectivity index (χ1v) is 17.8. The smallest absolute Gasteiger partial charge is 0.136 e. The van der Waals surface area contributed by atoms with E-state index in [9.17, 15) is 0 Å². The van der Waals surface area contributed by atoms with Gasteiger partial charge < -0.3 is 9.32 Å². The molecule has 0 saturated carbocycles. The molecule has 2 nitrogen and oxygen atoms in total. The Kier molecular flexibility index (Phi) is 7.18. The zero-order chi connectivity index (χ0) is 34.4. The Bertz CT molecular complexity index is 2900. The van der Waals surface area contributed by atoms with Crippen molar-refractivity contribution in [2.24, 2.45) is 0 Å². The Labute approximate surface area is 302 Å². The lowest BCUT2D eigenvalue weighted by molar-refractivity contribution is 0.669. The van der Waals surface area contributed by atoms with Gasteiger partial charge in [0.05, 0.1) is 11.4 Å². The van der Waals surface area contributed by atoms with Crippen LogP contribution in [-0.4, -0.2) is 0 Å². The van der Waals surface area contributed by atoms with Crippen LogP contribution in [-0.2, 0) is 0 Å². The monoisotopic (exact) mass is 663 g/mol. The van der Waals surface area contributed by atoms with Crippen molar-refractivity contribution in [2.45, 2.75) is 0 Å². The minimum atomic E-state index is 0.884. The molecular formula is C50H33NO. The summed E-state index contributed by atoms with van der Waals surface area (Å²) in [7, 11) is 0. The number of hydrogen-bond acceptors (Lipinski definition) is 2. The average molecular weight is 664 g/mol. The number of benzene rings is 9. The highest BCUT2D eigenvalue weighted by molar-refractivity contribution is 6.23. The highest BCUT2D eigenvalue weighted by atomic mass is 16.3. The van der Waals surface area contributed by atoms with Crippen molar-refractivity contribution in [2.75, 3.05) is 4.90 Å². The molecule has 9 aromatic carbocycles. The van der Waals surface area contributed by atoms with Gasteiger partial charge in [-0.3, -0.25) is 0 Å². The molecule has 0 aliphatic rings. The van der Waals surface area contributed by atoms with Gasteiger partial charge in [-0.1, -0.05) is 164 Å². The minimum Gasteiger partial charge on any atom is -0.456 e. The Hall–Kier alpha value is -6.90. The molecule has 1 aromatic heterocycles. The number of nitrogens with zero attached hydrogens (tertiary/aromatic N) is 1. The van der Waals surface area contributed by atoms with Crippen molar-refractivity contribution >= 4 is 60.5 Å². The standard InChI is InChI=1S/C50H33NO/c1-3-15-34(16-4-1)38-22-11-23-39(33-38)51(44-28-12-21-35-17-7-9-24-40(35)44)45-29-13-26-42(48(45)37-19-5-2-6-20-37)43-27-14-30-46-50(43)49-41-25-10-8-18-36(41)31-32-47(49)52-46/h1-33H. The van der Waals surface area contributed by atoms with E-state index in [0.29, 0.717) is 0 Å². The predicted octanol–water partition coefficient (Wildman–Crippen LogP) is 14.4. The maximum atomic E-state index is 6.58. The van der Waals surface area contributed by atoms with Crippen LogP contribution >= 0.6 is 0 Å². The van der Waals surface area contributed by atoms with Gasteiger partial charge in [-0.2, -0.15) is 0 Å². The summed E-state index contributed by atoms with van der Waals surface area (Å²) in [6.07, 6.45) is 0. The lowest BCUT2D eigenvalue weighted by Crippen LogP contribution is -2.12. The van der Waals surface area contributed by atoms with Crippen LogP contribution in [0.15, 0.2) is 205 Å². The summed E-state index contributed by atoms with van der Waals surface area (Å²) in [6, 6.07) is 71.7. The van der Waals surface area contributed by atoms with Crippen LogP contribution in [0.1, 0.15) is 0 Å². The van der Waals surface area contributed by atoms with Crippen molar-refractivity contribution in [3.05, 3.63) is 200 Å². The third-order valence-corrected chi connectivity index (χ3v) is 10.2. The molecule has 0 fully saturated rings. The summed E-state index contributed by atoms with van der Waals surface area (Å²) < 4.78 is 6.58. The van der Waals surface area contributed by atoms with E-state index >= 15 is 0 Å². The molecule has 10 aromatic rings. The second-order valence-corrected chi connectivity index (χ2v) is 13.3. The number of hydrogen-bond donors (Lipinski definition) is 0. The first-order chi connectivity index (χ1) is 25.8. The summed E-state index contributed by atoms with van der Waals surface area (Å²) in [6.45, 7) is 0. The van der Waals surface area contributed by atoms with Crippen LogP contribution in [0.5, 0.6) is 0 Å². The summed E-state index contributed by atoms with van der Waals surface area (Å²) in [4.78, 5) is 2.45. The normalized spacial score (nSPS) is 11.5. The molecular weight excluding hydrogens is 631 g/mol. The molecule has 244 valence electrons. The molecule has 0 atom stereocenters. The van der Waals surface area contributed by atoms with E-state index in [-0.39, 0.29) is 0 Å². The molecule has 1 heterocycles. The van der Waals surface area contributed by atoms with Gasteiger partial charge in [0.2, 0.25) is 0 Å². The molecule has 10 rings (SSSR count). The van der Waals surface area contributed by atoms with E-state index < -0.39 is 0 Å². The fourth-order valence-electron chi connectivity index (χ4n) is 7.94. The fraction of sp³-hybridized carbons (Fsp3) is 0. The van der Waals surface area contributed by atoms with Gasteiger partial charge in [-0.15, -0.1) is 0 Å². The molecule has 0 N–H and O–H groups in total. The SMILES string of the molecule is c1ccc(-c2cccc(N(c3cccc(-c4cccc5oc6ccc7ccccc7c6c45)c3-c3ccccc3)c3cccc4ccccc34)c2)cc1. The van der Waals surface area contributed by atoms with E-state index in [0.717, 1.165) is 61.3 Å². The van der Waals surface area contributed by atoms with Crippen molar-refractivity contribution in [1.82, 2.24) is 0 Å². The molecule has 0 spiro atoms. The number of fused-ring (bicyclic) bond motifs is 6. The van der Waals surface area contributed by atoms with E-state index in [4.69, 9.17) is 4.42 Å². The second kappa shape index (κ2) is 12.5. The maximum Gasteiger partial charge on any atom is 0.136 e. The van der Waals surface area contributed by atoms with Gasteiger partial charge >= 0.3 is 0 Å². The van der Waals surface area contributed by atoms with Gasteiger partial charge in [0.25, 0.3) is 0 Å². The van der Waals surface area contributed by atoms with Gasteiger partial charge in [-0.05, 0) is 80.4 Å². The van der Waals surface area contributed by atoms with Crippen LogP contribution < -0.4 is 4.90 Å². The van der Waals surface area contributed by atoms with Crippen molar-refractivity contribution < 1.29 is 4.42 Å². The second-order valence-electron chi connectivity index (χ2n) is 13.3. The zero-order valence-electron chi connectivity index (χ0n) is 28.4. The Morgan fingerprint density at radius 3 is 1.75 bits per heavy atom. The van der Waals surface area contributed by atoms with Gasteiger partial charge in [-0.25, -0.2) is 0 Å². The molecule has 0 radical (unpaired) electrons. The number of rotatable bonds is 6. The number of anilines is 3. The van der Waals surface area contributed by atoms with E-state index in [1.165, 1.54) is 32.7 Å². The molecule has 0 aliphatic carbocycles. The lowest BCUT2D eigenvalue weighted by Gasteiger charge is -2.30. The Balaban J connectivity index is 1.31. The maximum absolute atomic E-state index is 6.58. The topological polar surface area (TPSA) is 16.4 Å². The zero-order valence-corrected chi connectivity index (χ0v) is 28.4. The first-order valence-electron chi connectivity index (χ1n) is 17.8. The largest absolute Gasteiger partial charge is 0.456 e. The molecule has 2 heteroatoms. The summed E-state index contributed by atoms with van der Waals surface area (Å²) in [5.41, 5.74) is 12.0. The summed E-state index contributed by atoms with van der Waals surface area (Å²) >= 11 is 0. The van der Waals surface area contributed by atoms with Gasteiger partial charge in [0.15, 0.2) is 0 Å². The molecule has 0 unspecified atom stereocenters. The van der Waals surface area contributed by atoms with E-state index in [1.807, 2.05) is 0 Å². The third kappa shape index (κ3) is 4.96.